The summed E-state index contributed by atoms with van der Waals surface area (Å²) < 4.78 is 4.69. The average Bonchev–Trinajstić information content (AvgIpc) is 2.27. The fourth-order valence-corrected chi connectivity index (χ4v) is 2.05. The van der Waals surface area contributed by atoms with Crippen LogP contribution >= 0.6 is 0 Å². The highest BCUT2D eigenvalue weighted by Gasteiger charge is 2.32. The van der Waals surface area contributed by atoms with E-state index in [9.17, 15) is 9.59 Å². The fraction of sp³-hybridized carbons (Fsp3) is 0.818. The maximum Gasteiger partial charge on any atom is 0.310 e. The number of ether oxygens (including phenoxy) is 1. The molecule has 0 saturated carbocycles. The van der Waals surface area contributed by atoms with Crippen molar-refractivity contribution in [2.24, 2.45) is 11.7 Å². The number of esters is 1. The molecule has 5 nitrogen and oxygen atoms in total. The molecule has 2 atom stereocenters. The highest BCUT2D eigenvalue weighted by Crippen LogP contribution is 2.18. The molecule has 1 aliphatic rings. The summed E-state index contributed by atoms with van der Waals surface area (Å²) in [6.07, 6.45) is 1.93. The minimum atomic E-state index is -0.274. The molecule has 2 N–H and O–H groups in total. The Labute approximate surface area is 95.9 Å². The molecule has 0 radical (unpaired) electrons. The standard InChI is InChI=1S/C11H20N2O3/c1-3-4-10(14)13-6-8(11(15)16-2)5-9(12)7-13/h8-9H,3-7,12H2,1-2H3. The molecule has 1 fully saturated rings. The predicted molar refractivity (Wildman–Crippen MR) is 59.6 cm³/mol. The normalized spacial score (nSPS) is 25.3. The number of rotatable bonds is 3. The lowest BCUT2D eigenvalue weighted by molar-refractivity contribution is -0.149. The van der Waals surface area contributed by atoms with Gasteiger partial charge < -0.3 is 15.4 Å². The van der Waals surface area contributed by atoms with Crippen molar-refractivity contribution < 1.29 is 14.3 Å². The molecular weight excluding hydrogens is 208 g/mol. The van der Waals surface area contributed by atoms with Gasteiger partial charge in [0.15, 0.2) is 0 Å². The summed E-state index contributed by atoms with van der Waals surface area (Å²) in [5, 5.41) is 0. The second-order valence-electron chi connectivity index (χ2n) is 4.26. The second-order valence-corrected chi connectivity index (χ2v) is 4.26. The molecule has 0 aliphatic carbocycles. The summed E-state index contributed by atoms with van der Waals surface area (Å²) in [5.74, 6) is -0.467. The van der Waals surface area contributed by atoms with E-state index in [0.29, 0.717) is 25.9 Å². The average molecular weight is 228 g/mol. The summed E-state index contributed by atoms with van der Waals surface area (Å²) in [4.78, 5) is 24.8. The van der Waals surface area contributed by atoms with Crippen molar-refractivity contribution in [3.8, 4) is 0 Å². The minimum Gasteiger partial charge on any atom is -0.469 e. The van der Waals surface area contributed by atoms with E-state index in [1.807, 2.05) is 6.92 Å². The Morgan fingerprint density at radius 1 is 1.44 bits per heavy atom. The van der Waals surface area contributed by atoms with Crippen LogP contribution in [0.1, 0.15) is 26.2 Å². The number of carbonyl (C=O) groups excluding carboxylic acids is 2. The molecule has 1 saturated heterocycles. The summed E-state index contributed by atoms with van der Waals surface area (Å²) in [5.41, 5.74) is 5.84. The Morgan fingerprint density at radius 2 is 2.12 bits per heavy atom. The van der Waals surface area contributed by atoms with Crippen LogP contribution in [-0.2, 0) is 14.3 Å². The smallest absolute Gasteiger partial charge is 0.310 e. The zero-order valence-corrected chi connectivity index (χ0v) is 9.94. The summed E-state index contributed by atoms with van der Waals surface area (Å²) >= 11 is 0. The molecule has 2 unspecified atom stereocenters. The Balaban J connectivity index is 2.60. The minimum absolute atomic E-state index is 0.0755. The van der Waals surface area contributed by atoms with Gasteiger partial charge in [-0.15, -0.1) is 0 Å². The molecule has 0 bridgehead atoms. The van der Waals surface area contributed by atoms with Crippen molar-refractivity contribution in [2.75, 3.05) is 20.2 Å². The van der Waals surface area contributed by atoms with E-state index in [0.717, 1.165) is 6.42 Å². The molecule has 1 rings (SSSR count). The Morgan fingerprint density at radius 3 is 2.69 bits per heavy atom. The van der Waals surface area contributed by atoms with Crippen LogP contribution < -0.4 is 5.73 Å². The van der Waals surface area contributed by atoms with Crippen LogP contribution in [0.2, 0.25) is 0 Å². The highest BCUT2D eigenvalue weighted by atomic mass is 16.5. The van der Waals surface area contributed by atoms with Gasteiger partial charge in [-0.1, -0.05) is 6.92 Å². The summed E-state index contributed by atoms with van der Waals surface area (Å²) in [7, 11) is 1.36. The number of nitrogens with two attached hydrogens (primary N) is 1. The van der Waals surface area contributed by atoms with Crippen LogP contribution in [0.15, 0.2) is 0 Å². The zero-order valence-electron chi connectivity index (χ0n) is 9.94. The van der Waals surface area contributed by atoms with Crippen molar-refractivity contribution >= 4 is 11.9 Å². The number of piperidine rings is 1. The number of likely N-dealkylation sites (tertiary alicyclic amines) is 1. The largest absolute Gasteiger partial charge is 0.469 e. The van der Waals surface area contributed by atoms with E-state index in [1.54, 1.807) is 4.90 Å². The van der Waals surface area contributed by atoms with Crippen molar-refractivity contribution in [2.45, 2.75) is 32.2 Å². The number of carbonyl (C=O) groups is 2. The molecule has 1 amide bonds. The summed E-state index contributed by atoms with van der Waals surface area (Å²) in [6, 6.07) is -0.126. The van der Waals surface area contributed by atoms with Gasteiger partial charge in [0, 0.05) is 25.6 Å². The molecule has 1 heterocycles. The molecule has 0 aromatic rings. The lowest BCUT2D eigenvalue weighted by Crippen LogP contribution is -2.51. The lowest BCUT2D eigenvalue weighted by Gasteiger charge is -2.35. The molecule has 5 heteroatoms. The van der Waals surface area contributed by atoms with Crippen LogP contribution in [0, 0.1) is 5.92 Å². The van der Waals surface area contributed by atoms with E-state index in [2.05, 4.69) is 0 Å². The van der Waals surface area contributed by atoms with Gasteiger partial charge in [0.2, 0.25) is 5.91 Å². The van der Waals surface area contributed by atoms with Gasteiger partial charge in [0.25, 0.3) is 0 Å². The number of hydrogen-bond acceptors (Lipinski definition) is 4. The molecule has 0 aromatic heterocycles. The van der Waals surface area contributed by atoms with Crippen molar-refractivity contribution in [3.63, 3.8) is 0 Å². The maximum absolute atomic E-state index is 11.7. The van der Waals surface area contributed by atoms with E-state index in [4.69, 9.17) is 10.5 Å². The first-order valence-corrected chi connectivity index (χ1v) is 5.69. The van der Waals surface area contributed by atoms with Gasteiger partial charge in [-0.05, 0) is 12.8 Å². The Kier molecular flexibility index (Phi) is 4.73. The quantitative estimate of drug-likeness (QED) is 0.697. The van der Waals surface area contributed by atoms with E-state index >= 15 is 0 Å². The van der Waals surface area contributed by atoms with E-state index in [1.165, 1.54) is 7.11 Å². The lowest BCUT2D eigenvalue weighted by atomic mass is 9.94. The molecule has 92 valence electrons. The second kappa shape index (κ2) is 5.84. The van der Waals surface area contributed by atoms with Crippen LogP contribution in [-0.4, -0.2) is 43.0 Å². The summed E-state index contributed by atoms with van der Waals surface area (Å²) in [6.45, 7) is 2.95. The molecule has 1 aliphatic heterocycles. The fourth-order valence-electron chi connectivity index (χ4n) is 2.05. The highest BCUT2D eigenvalue weighted by molar-refractivity contribution is 5.78. The van der Waals surface area contributed by atoms with Crippen LogP contribution in [0.3, 0.4) is 0 Å². The van der Waals surface area contributed by atoms with Crippen LogP contribution in [0.4, 0.5) is 0 Å². The van der Waals surface area contributed by atoms with Crippen molar-refractivity contribution in [3.05, 3.63) is 0 Å². The van der Waals surface area contributed by atoms with E-state index < -0.39 is 0 Å². The van der Waals surface area contributed by atoms with Gasteiger partial charge in [-0.2, -0.15) is 0 Å². The zero-order chi connectivity index (χ0) is 12.1. The topological polar surface area (TPSA) is 72.6 Å². The number of nitrogens with zero attached hydrogens (tertiary/aromatic N) is 1. The number of methoxy groups -OCH3 is 1. The van der Waals surface area contributed by atoms with Gasteiger partial charge in [0.1, 0.15) is 0 Å². The molecule has 0 spiro atoms. The Bertz CT molecular complexity index is 268. The first-order chi connectivity index (χ1) is 7.58. The first-order valence-electron chi connectivity index (χ1n) is 5.69. The molecule has 0 aromatic carbocycles. The first kappa shape index (κ1) is 13.0. The van der Waals surface area contributed by atoms with Crippen LogP contribution in [0.5, 0.6) is 0 Å². The molecular formula is C11H20N2O3. The monoisotopic (exact) mass is 228 g/mol. The third-order valence-electron chi connectivity index (χ3n) is 2.83. The SMILES string of the molecule is CCCC(=O)N1CC(N)CC(C(=O)OC)C1. The van der Waals surface area contributed by atoms with E-state index in [-0.39, 0.29) is 23.8 Å². The van der Waals surface area contributed by atoms with Gasteiger partial charge >= 0.3 is 5.97 Å². The van der Waals surface area contributed by atoms with Gasteiger partial charge in [0.05, 0.1) is 13.0 Å². The van der Waals surface area contributed by atoms with Crippen LogP contribution in [0.25, 0.3) is 0 Å². The molecule has 16 heavy (non-hydrogen) atoms. The predicted octanol–water partition coefficient (Wildman–Crippen LogP) is 0.135. The van der Waals surface area contributed by atoms with Gasteiger partial charge in [-0.3, -0.25) is 9.59 Å². The number of hydrogen-bond donors (Lipinski definition) is 1. The third kappa shape index (κ3) is 3.20. The Hall–Kier alpha value is -1.10. The van der Waals surface area contributed by atoms with Crippen molar-refractivity contribution in [1.82, 2.24) is 4.90 Å². The third-order valence-corrected chi connectivity index (χ3v) is 2.83. The van der Waals surface area contributed by atoms with Gasteiger partial charge in [-0.25, -0.2) is 0 Å². The van der Waals surface area contributed by atoms with Crippen molar-refractivity contribution in [1.29, 1.82) is 0 Å². The maximum atomic E-state index is 11.7. The number of amides is 1.